The van der Waals surface area contributed by atoms with Gasteiger partial charge in [-0.3, -0.25) is 0 Å². The van der Waals surface area contributed by atoms with E-state index in [1.165, 1.54) is 12.3 Å². The van der Waals surface area contributed by atoms with Crippen molar-refractivity contribution >= 4 is 17.5 Å². The molecule has 7 heteroatoms. The average molecular weight is 327 g/mol. The fraction of sp³-hybridized carbons (Fsp3) is 0.118. The van der Waals surface area contributed by atoms with Gasteiger partial charge in [-0.05, 0) is 17.7 Å². The van der Waals surface area contributed by atoms with E-state index in [9.17, 15) is 8.78 Å². The number of aromatic nitrogens is 3. The SMILES string of the molecule is CN(Cc1ccccc1)c1cnnc(Nc2c(F)cccc2F)n1. The Morgan fingerprint density at radius 2 is 1.71 bits per heavy atom. The smallest absolute Gasteiger partial charge is 0.249 e. The lowest BCUT2D eigenvalue weighted by molar-refractivity contribution is 0.590. The van der Waals surface area contributed by atoms with E-state index in [0.717, 1.165) is 17.7 Å². The van der Waals surface area contributed by atoms with Crippen molar-refractivity contribution in [2.45, 2.75) is 6.54 Å². The molecule has 3 rings (SSSR count). The zero-order chi connectivity index (χ0) is 16.9. The Hall–Kier alpha value is -3.09. The zero-order valence-corrected chi connectivity index (χ0v) is 12.9. The second-order valence-corrected chi connectivity index (χ2v) is 5.20. The van der Waals surface area contributed by atoms with Gasteiger partial charge < -0.3 is 10.2 Å². The van der Waals surface area contributed by atoms with E-state index < -0.39 is 11.6 Å². The molecule has 0 saturated heterocycles. The summed E-state index contributed by atoms with van der Waals surface area (Å²) in [6.45, 7) is 0.618. The van der Waals surface area contributed by atoms with Gasteiger partial charge in [0.1, 0.15) is 17.3 Å². The molecule has 0 unspecified atom stereocenters. The van der Waals surface area contributed by atoms with Gasteiger partial charge in [-0.1, -0.05) is 36.4 Å². The number of hydrogen-bond donors (Lipinski definition) is 1. The number of halogens is 2. The molecule has 122 valence electrons. The highest BCUT2D eigenvalue weighted by Gasteiger charge is 2.12. The molecule has 0 spiro atoms. The predicted molar refractivity (Wildman–Crippen MR) is 88.0 cm³/mol. The maximum atomic E-state index is 13.7. The highest BCUT2D eigenvalue weighted by Crippen LogP contribution is 2.22. The van der Waals surface area contributed by atoms with E-state index >= 15 is 0 Å². The number of anilines is 3. The van der Waals surface area contributed by atoms with Crippen LogP contribution in [0.15, 0.2) is 54.7 Å². The third-order valence-corrected chi connectivity index (χ3v) is 3.40. The highest BCUT2D eigenvalue weighted by atomic mass is 19.1. The van der Waals surface area contributed by atoms with Crippen LogP contribution >= 0.6 is 0 Å². The lowest BCUT2D eigenvalue weighted by Gasteiger charge is -2.18. The van der Waals surface area contributed by atoms with Gasteiger partial charge in [0.2, 0.25) is 5.95 Å². The van der Waals surface area contributed by atoms with Crippen LogP contribution < -0.4 is 10.2 Å². The molecule has 0 amide bonds. The van der Waals surface area contributed by atoms with Crippen molar-refractivity contribution in [3.8, 4) is 0 Å². The zero-order valence-electron chi connectivity index (χ0n) is 12.9. The van der Waals surface area contributed by atoms with Crippen molar-refractivity contribution in [1.82, 2.24) is 15.2 Å². The lowest BCUT2D eigenvalue weighted by Crippen LogP contribution is -2.18. The standard InChI is InChI=1S/C17H15F2N5/c1-24(11-12-6-3-2-4-7-12)15-10-20-23-17(21-15)22-16-13(18)8-5-9-14(16)19/h2-10H,11H2,1H3,(H,21,22,23). The summed E-state index contributed by atoms with van der Waals surface area (Å²) in [7, 11) is 1.85. The molecule has 1 heterocycles. The van der Waals surface area contributed by atoms with Gasteiger partial charge in [-0.2, -0.15) is 10.1 Å². The van der Waals surface area contributed by atoms with E-state index in [0.29, 0.717) is 12.4 Å². The highest BCUT2D eigenvalue weighted by molar-refractivity contribution is 5.56. The van der Waals surface area contributed by atoms with E-state index in [1.54, 1.807) is 0 Å². The summed E-state index contributed by atoms with van der Waals surface area (Å²) in [4.78, 5) is 6.12. The molecule has 0 bridgehead atoms. The summed E-state index contributed by atoms with van der Waals surface area (Å²) < 4.78 is 27.4. The minimum absolute atomic E-state index is 0.0245. The van der Waals surface area contributed by atoms with Crippen molar-refractivity contribution in [1.29, 1.82) is 0 Å². The molecular weight excluding hydrogens is 312 g/mol. The molecule has 5 nitrogen and oxygen atoms in total. The minimum Gasteiger partial charge on any atom is -0.354 e. The van der Waals surface area contributed by atoms with Crippen LogP contribution in [0.5, 0.6) is 0 Å². The number of nitrogens with one attached hydrogen (secondary N) is 1. The van der Waals surface area contributed by atoms with Crippen molar-refractivity contribution in [2.75, 3.05) is 17.3 Å². The topological polar surface area (TPSA) is 53.9 Å². The summed E-state index contributed by atoms with van der Waals surface area (Å²) >= 11 is 0. The molecule has 0 aliphatic carbocycles. The van der Waals surface area contributed by atoms with E-state index in [4.69, 9.17) is 0 Å². The fourth-order valence-electron chi connectivity index (χ4n) is 2.20. The second kappa shape index (κ2) is 6.99. The van der Waals surface area contributed by atoms with Gasteiger partial charge >= 0.3 is 0 Å². The molecule has 0 radical (unpaired) electrons. The minimum atomic E-state index is -0.721. The first kappa shape index (κ1) is 15.8. The van der Waals surface area contributed by atoms with Crippen LogP contribution in [0.2, 0.25) is 0 Å². The lowest BCUT2D eigenvalue weighted by atomic mass is 10.2. The number of benzene rings is 2. The Kier molecular flexibility index (Phi) is 4.60. The van der Waals surface area contributed by atoms with Crippen LogP contribution in [0.25, 0.3) is 0 Å². The predicted octanol–water partition coefficient (Wildman–Crippen LogP) is 3.53. The molecule has 0 saturated carbocycles. The molecule has 1 N–H and O–H groups in total. The van der Waals surface area contributed by atoms with Crippen molar-refractivity contribution < 1.29 is 8.78 Å². The normalized spacial score (nSPS) is 10.5. The van der Waals surface area contributed by atoms with Crippen molar-refractivity contribution in [3.05, 3.63) is 71.9 Å². The molecule has 24 heavy (non-hydrogen) atoms. The monoisotopic (exact) mass is 327 g/mol. The molecule has 3 aromatic rings. The van der Waals surface area contributed by atoms with Crippen molar-refractivity contribution in [2.24, 2.45) is 0 Å². The Labute approximate surface area is 138 Å². The quantitative estimate of drug-likeness (QED) is 0.777. The average Bonchev–Trinajstić information content (AvgIpc) is 2.59. The van der Waals surface area contributed by atoms with Gasteiger partial charge in [-0.25, -0.2) is 8.78 Å². The first-order valence-corrected chi connectivity index (χ1v) is 7.29. The fourth-order valence-corrected chi connectivity index (χ4v) is 2.20. The maximum absolute atomic E-state index is 13.7. The molecule has 0 fully saturated rings. The first-order chi connectivity index (χ1) is 11.6. The Morgan fingerprint density at radius 3 is 2.42 bits per heavy atom. The summed E-state index contributed by atoms with van der Waals surface area (Å²) in [5.74, 6) is -0.882. The molecular formula is C17H15F2N5. The molecule has 0 aliphatic heterocycles. The van der Waals surface area contributed by atoms with Crippen LogP contribution in [-0.4, -0.2) is 22.2 Å². The Bertz CT molecular complexity index is 806. The Morgan fingerprint density at radius 1 is 1.00 bits per heavy atom. The summed E-state index contributed by atoms with van der Waals surface area (Å²) in [6, 6.07) is 13.5. The third-order valence-electron chi connectivity index (χ3n) is 3.40. The number of nitrogens with zero attached hydrogens (tertiary/aromatic N) is 4. The molecule has 0 aliphatic rings. The van der Waals surface area contributed by atoms with Gasteiger partial charge in [0.05, 0.1) is 6.20 Å². The molecule has 2 aromatic carbocycles. The summed E-state index contributed by atoms with van der Waals surface area (Å²) in [5.41, 5.74) is 0.801. The molecule has 0 atom stereocenters. The number of rotatable bonds is 5. The van der Waals surface area contributed by atoms with Gasteiger partial charge in [0.25, 0.3) is 0 Å². The van der Waals surface area contributed by atoms with Crippen LogP contribution in [0.3, 0.4) is 0 Å². The van der Waals surface area contributed by atoms with Crippen LogP contribution in [0.1, 0.15) is 5.56 Å². The van der Waals surface area contributed by atoms with Crippen LogP contribution in [0.4, 0.5) is 26.2 Å². The number of para-hydroxylation sites is 1. The van der Waals surface area contributed by atoms with E-state index in [1.807, 2.05) is 42.3 Å². The van der Waals surface area contributed by atoms with E-state index in [2.05, 4.69) is 20.5 Å². The first-order valence-electron chi connectivity index (χ1n) is 7.29. The van der Waals surface area contributed by atoms with Gasteiger partial charge in [0, 0.05) is 13.6 Å². The third kappa shape index (κ3) is 3.62. The largest absolute Gasteiger partial charge is 0.354 e. The molecule has 1 aromatic heterocycles. The summed E-state index contributed by atoms with van der Waals surface area (Å²) in [6.07, 6.45) is 1.49. The summed E-state index contributed by atoms with van der Waals surface area (Å²) in [5, 5.41) is 10.2. The number of hydrogen-bond acceptors (Lipinski definition) is 5. The van der Waals surface area contributed by atoms with Crippen LogP contribution in [0, 0.1) is 11.6 Å². The van der Waals surface area contributed by atoms with Crippen molar-refractivity contribution in [3.63, 3.8) is 0 Å². The maximum Gasteiger partial charge on any atom is 0.249 e. The van der Waals surface area contributed by atoms with Gasteiger partial charge in [0.15, 0.2) is 5.82 Å². The Balaban J connectivity index is 1.79. The van der Waals surface area contributed by atoms with Crippen LogP contribution in [-0.2, 0) is 6.54 Å². The van der Waals surface area contributed by atoms with Gasteiger partial charge in [-0.15, -0.1) is 5.10 Å². The second-order valence-electron chi connectivity index (χ2n) is 5.20. The van der Waals surface area contributed by atoms with E-state index in [-0.39, 0.29) is 11.6 Å².